The normalized spacial score (nSPS) is 12.3. The third-order valence-electron chi connectivity index (χ3n) is 2.84. The molecule has 0 spiro atoms. The summed E-state index contributed by atoms with van der Waals surface area (Å²) in [7, 11) is 0. The summed E-state index contributed by atoms with van der Waals surface area (Å²) in [6.45, 7) is 6.07. The van der Waals surface area contributed by atoms with Crippen molar-refractivity contribution in [1.29, 1.82) is 0 Å². The molecule has 0 saturated carbocycles. The number of carbonyl (C=O) groups is 1. The van der Waals surface area contributed by atoms with Gasteiger partial charge in [-0.15, -0.1) is 21.5 Å². The first kappa shape index (κ1) is 16.2. The van der Waals surface area contributed by atoms with Crippen molar-refractivity contribution >= 4 is 45.5 Å². The highest BCUT2D eigenvalue weighted by Crippen LogP contribution is 2.26. The third-order valence-corrected chi connectivity index (χ3v) is 5.91. The number of nitrogen functional groups attached to an aromatic ring is 1. The van der Waals surface area contributed by atoms with Gasteiger partial charge in [0.1, 0.15) is 5.01 Å². The van der Waals surface area contributed by atoms with Crippen LogP contribution in [0.1, 0.15) is 35.0 Å². The van der Waals surface area contributed by atoms with Crippen molar-refractivity contribution in [1.82, 2.24) is 20.5 Å². The Bertz CT molecular complexity index is 605. The molecular weight excluding hydrogens is 326 g/mol. The van der Waals surface area contributed by atoms with Gasteiger partial charge in [-0.1, -0.05) is 30.0 Å². The van der Waals surface area contributed by atoms with Gasteiger partial charge in [0.2, 0.25) is 11.0 Å². The van der Waals surface area contributed by atoms with Gasteiger partial charge in [0.05, 0.1) is 17.5 Å². The SMILES string of the molecule is CC[C@@H](NC(=O)CSc1nnc(N)s1)c1nc(C)c(C)s1. The summed E-state index contributed by atoms with van der Waals surface area (Å²) in [5.74, 6) is 0.264. The van der Waals surface area contributed by atoms with Crippen LogP contribution in [0.15, 0.2) is 4.34 Å². The Morgan fingerprint density at radius 1 is 1.38 bits per heavy atom. The van der Waals surface area contributed by atoms with Crippen LogP contribution < -0.4 is 11.1 Å². The summed E-state index contributed by atoms with van der Waals surface area (Å²) >= 11 is 4.26. The predicted octanol–water partition coefficient (Wildman–Crippen LogP) is 2.55. The summed E-state index contributed by atoms with van der Waals surface area (Å²) in [4.78, 5) is 17.7. The first-order valence-electron chi connectivity index (χ1n) is 6.44. The summed E-state index contributed by atoms with van der Waals surface area (Å²) in [5, 5.41) is 12.0. The topological polar surface area (TPSA) is 93.8 Å². The predicted molar refractivity (Wildman–Crippen MR) is 87.8 cm³/mol. The van der Waals surface area contributed by atoms with E-state index in [4.69, 9.17) is 5.73 Å². The highest BCUT2D eigenvalue weighted by Gasteiger charge is 2.17. The van der Waals surface area contributed by atoms with E-state index < -0.39 is 0 Å². The lowest BCUT2D eigenvalue weighted by Gasteiger charge is -2.13. The van der Waals surface area contributed by atoms with E-state index in [0.29, 0.717) is 15.2 Å². The van der Waals surface area contributed by atoms with E-state index in [0.717, 1.165) is 17.1 Å². The molecule has 21 heavy (non-hydrogen) atoms. The van der Waals surface area contributed by atoms with Crippen LogP contribution in [0.5, 0.6) is 0 Å². The quantitative estimate of drug-likeness (QED) is 0.783. The van der Waals surface area contributed by atoms with E-state index >= 15 is 0 Å². The van der Waals surface area contributed by atoms with Crippen LogP contribution in [0.2, 0.25) is 0 Å². The van der Waals surface area contributed by atoms with E-state index in [1.165, 1.54) is 28.0 Å². The zero-order valence-electron chi connectivity index (χ0n) is 12.0. The number of amides is 1. The molecule has 2 aromatic heterocycles. The molecule has 6 nitrogen and oxygen atoms in total. The minimum Gasteiger partial charge on any atom is -0.374 e. The number of carbonyl (C=O) groups excluding carboxylic acids is 1. The zero-order valence-corrected chi connectivity index (χ0v) is 14.5. The maximum absolute atomic E-state index is 12.0. The molecule has 0 unspecified atom stereocenters. The molecule has 2 aromatic rings. The number of rotatable bonds is 6. The van der Waals surface area contributed by atoms with Crippen LogP contribution in [0.3, 0.4) is 0 Å². The van der Waals surface area contributed by atoms with E-state index in [2.05, 4.69) is 20.5 Å². The number of thioether (sulfide) groups is 1. The molecule has 0 aliphatic rings. The van der Waals surface area contributed by atoms with Gasteiger partial charge >= 0.3 is 0 Å². The molecule has 0 aliphatic carbocycles. The lowest BCUT2D eigenvalue weighted by Crippen LogP contribution is -2.29. The molecule has 2 rings (SSSR count). The number of aromatic nitrogens is 3. The fourth-order valence-corrected chi connectivity index (χ4v) is 4.13. The average Bonchev–Trinajstić information content (AvgIpc) is 3.00. The van der Waals surface area contributed by atoms with Crippen LogP contribution in [0.4, 0.5) is 5.13 Å². The molecule has 0 fully saturated rings. The van der Waals surface area contributed by atoms with Crippen LogP contribution in [0.25, 0.3) is 0 Å². The summed E-state index contributed by atoms with van der Waals surface area (Å²) in [6, 6.07) is -0.0324. The monoisotopic (exact) mass is 343 g/mol. The van der Waals surface area contributed by atoms with Gasteiger partial charge in [0.15, 0.2) is 4.34 Å². The molecule has 9 heteroatoms. The van der Waals surface area contributed by atoms with Gasteiger partial charge in [-0.25, -0.2) is 4.98 Å². The highest BCUT2D eigenvalue weighted by atomic mass is 32.2. The molecule has 0 aromatic carbocycles. The van der Waals surface area contributed by atoms with E-state index in [-0.39, 0.29) is 11.9 Å². The van der Waals surface area contributed by atoms with E-state index in [9.17, 15) is 4.79 Å². The largest absolute Gasteiger partial charge is 0.374 e. The number of anilines is 1. The number of nitrogens with two attached hydrogens (primary N) is 1. The first-order valence-corrected chi connectivity index (χ1v) is 9.06. The van der Waals surface area contributed by atoms with E-state index in [1.807, 2.05) is 20.8 Å². The van der Waals surface area contributed by atoms with Gasteiger partial charge in [0.25, 0.3) is 0 Å². The summed E-state index contributed by atoms with van der Waals surface area (Å²) in [5.41, 5.74) is 6.53. The molecule has 114 valence electrons. The maximum atomic E-state index is 12.0. The molecule has 2 heterocycles. The van der Waals surface area contributed by atoms with Crippen molar-refractivity contribution < 1.29 is 4.79 Å². The highest BCUT2D eigenvalue weighted by molar-refractivity contribution is 8.01. The van der Waals surface area contributed by atoms with E-state index in [1.54, 1.807) is 11.3 Å². The summed E-state index contributed by atoms with van der Waals surface area (Å²) in [6.07, 6.45) is 0.814. The van der Waals surface area contributed by atoms with Gasteiger partial charge in [0, 0.05) is 4.88 Å². The third kappa shape index (κ3) is 4.39. The second-order valence-corrected chi connectivity index (χ2v) is 7.88. The molecule has 0 aliphatic heterocycles. The van der Waals surface area contributed by atoms with Crippen molar-refractivity contribution in [2.45, 2.75) is 37.6 Å². The van der Waals surface area contributed by atoms with Crippen molar-refractivity contribution in [2.75, 3.05) is 11.5 Å². The van der Waals surface area contributed by atoms with Gasteiger partial charge in [-0.2, -0.15) is 0 Å². The summed E-state index contributed by atoms with van der Waals surface area (Å²) < 4.78 is 0.705. The first-order chi connectivity index (χ1) is 9.99. The molecule has 1 amide bonds. The van der Waals surface area contributed by atoms with Crippen LogP contribution in [0, 0.1) is 13.8 Å². The number of hydrogen-bond acceptors (Lipinski definition) is 8. The van der Waals surface area contributed by atoms with Gasteiger partial charge in [-0.3, -0.25) is 4.79 Å². The lowest BCUT2D eigenvalue weighted by molar-refractivity contribution is -0.119. The molecule has 0 saturated heterocycles. The standard InChI is InChI=1S/C12H17N5OS3/c1-4-8(10-14-6(2)7(3)20-10)15-9(18)5-19-12-17-16-11(13)21-12/h8H,4-5H2,1-3H3,(H2,13,16)(H,15,18)/t8-/m1/s1. The van der Waals surface area contributed by atoms with Gasteiger partial charge < -0.3 is 11.1 Å². The Hall–Kier alpha value is -1.19. The molecule has 1 atom stereocenters. The van der Waals surface area contributed by atoms with Crippen molar-refractivity contribution in [3.63, 3.8) is 0 Å². The molecule has 3 N–H and O–H groups in total. The minimum atomic E-state index is -0.0360. The van der Waals surface area contributed by atoms with Crippen LogP contribution >= 0.6 is 34.4 Å². The Morgan fingerprint density at radius 2 is 2.14 bits per heavy atom. The second-order valence-electron chi connectivity index (χ2n) is 4.42. The van der Waals surface area contributed by atoms with Crippen molar-refractivity contribution in [2.24, 2.45) is 0 Å². The second kappa shape index (κ2) is 7.19. The van der Waals surface area contributed by atoms with Gasteiger partial charge in [-0.05, 0) is 20.3 Å². The molecular formula is C12H17N5OS3. The lowest BCUT2D eigenvalue weighted by atomic mass is 10.2. The average molecular weight is 344 g/mol. The molecule has 0 bridgehead atoms. The minimum absolute atomic E-state index is 0.0324. The Balaban J connectivity index is 1.90. The van der Waals surface area contributed by atoms with Crippen molar-refractivity contribution in [3.05, 3.63) is 15.6 Å². The fraction of sp³-hybridized carbons (Fsp3) is 0.500. The fourth-order valence-electron chi connectivity index (χ4n) is 1.63. The number of thiazole rings is 1. The Kier molecular flexibility index (Phi) is 5.54. The molecule has 0 radical (unpaired) electrons. The number of hydrogen-bond donors (Lipinski definition) is 2. The Morgan fingerprint density at radius 3 is 2.67 bits per heavy atom. The van der Waals surface area contributed by atoms with Crippen molar-refractivity contribution in [3.8, 4) is 0 Å². The number of aryl methyl sites for hydroxylation is 2. The number of nitrogens with zero attached hydrogens (tertiary/aromatic N) is 3. The van der Waals surface area contributed by atoms with Crippen LogP contribution in [-0.4, -0.2) is 26.8 Å². The Labute approximate surface area is 135 Å². The zero-order chi connectivity index (χ0) is 15.4. The maximum Gasteiger partial charge on any atom is 0.231 e. The van der Waals surface area contributed by atoms with Crippen LogP contribution in [-0.2, 0) is 4.79 Å². The number of nitrogens with one attached hydrogen (secondary N) is 1. The smallest absolute Gasteiger partial charge is 0.231 e.